The second kappa shape index (κ2) is 10.5. The first-order valence-electron chi connectivity index (χ1n) is 11.1. The van der Waals surface area contributed by atoms with Crippen LogP contribution in [0.3, 0.4) is 0 Å². The molecule has 186 valence electrons. The number of carbonyl (C=O) groups excluding carboxylic acids is 1. The van der Waals surface area contributed by atoms with Gasteiger partial charge in [-0.15, -0.1) is 13.2 Å². The fourth-order valence-electron chi connectivity index (χ4n) is 3.94. The lowest BCUT2D eigenvalue weighted by molar-refractivity contribution is -0.274. The number of aromatic nitrogens is 1. The Kier molecular flexibility index (Phi) is 7.35. The SMILES string of the molecule is CC(c1ccc(OC(F)(F)F)cc1)n1ccc2c(NC(=O)CCc3ccc(Cl)cc3)cccc2c1=O. The van der Waals surface area contributed by atoms with Gasteiger partial charge in [-0.05, 0) is 66.9 Å². The zero-order chi connectivity index (χ0) is 25.9. The number of rotatable bonds is 7. The minimum Gasteiger partial charge on any atom is -0.406 e. The number of carbonyl (C=O) groups is 1. The Morgan fingerprint density at radius 2 is 1.69 bits per heavy atom. The van der Waals surface area contributed by atoms with Crippen LogP contribution >= 0.6 is 11.6 Å². The summed E-state index contributed by atoms with van der Waals surface area (Å²) in [5.41, 5.74) is 1.87. The van der Waals surface area contributed by atoms with Gasteiger partial charge in [0, 0.05) is 34.1 Å². The number of nitrogens with one attached hydrogen (secondary N) is 1. The number of amides is 1. The van der Waals surface area contributed by atoms with E-state index >= 15 is 0 Å². The van der Waals surface area contributed by atoms with Crippen molar-refractivity contribution < 1.29 is 22.7 Å². The molecule has 0 aliphatic rings. The van der Waals surface area contributed by atoms with Crippen LogP contribution in [0.15, 0.2) is 83.8 Å². The van der Waals surface area contributed by atoms with Gasteiger partial charge < -0.3 is 14.6 Å². The van der Waals surface area contributed by atoms with Crippen LogP contribution in [0.5, 0.6) is 5.75 Å². The molecule has 1 amide bonds. The van der Waals surface area contributed by atoms with Crippen LogP contribution in [0.4, 0.5) is 18.9 Å². The topological polar surface area (TPSA) is 60.3 Å². The summed E-state index contributed by atoms with van der Waals surface area (Å²) in [6, 6.07) is 19.1. The maximum atomic E-state index is 13.2. The van der Waals surface area contributed by atoms with Gasteiger partial charge in [0.2, 0.25) is 5.91 Å². The number of hydrogen-bond acceptors (Lipinski definition) is 3. The number of fused-ring (bicyclic) bond motifs is 1. The molecule has 1 aromatic heterocycles. The van der Waals surface area contributed by atoms with Crippen molar-refractivity contribution in [2.45, 2.75) is 32.2 Å². The zero-order valence-corrected chi connectivity index (χ0v) is 19.9. The quantitative estimate of drug-likeness (QED) is 0.297. The highest BCUT2D eigenvalue weighted by molar-refractivity contribution is 6.30. The minimum absolute atomic E-state index is 0.184. The van der Waals surface area contributed by atoms with Crippen LogP contribution in [0, 0.1) is 0 Å². The van der Waals surface area contributed by atoms with Crippen LogP contribution < -0.4 is 15.6 Å². The molecule has 9 heteroatoms. The highest BCUT2D eigenvalue weighted by atomic mass is 35.5. The van der Waals surface area contributed by atoms with Gasteiger partial charge in [-0.3, -0.25) is 9.59 Å². The number of halogens is 4. The minimum atomic E-state index is -4.77. The maximum absolute atomic E-state index is 13.2. The predicted molar refractivity (Wildman–Crippen MR) is 134 cm³/mol. The van der Waals surface area contributed by atoms with E-state index in [1.807, 2.05) is 12.1 Å². The summed E-state index contributed by atoms with van der Waals surface area (Å²) in [6.07, 6.45) is -2.35. The number of anilines is 1. The molecule has 1 heterocycles. The number of hydrogen-bond donors (Lipinski definition) is 1. The third-order valence-corrected chi connectivity index (χ3v) is 6.07. The van der Waals surface area contributed by atoms with Crippen LogP contribution in [0.2, 0.25) is 5.02 Å². The summed E-state index contributed by atoms with van der Waals surface area (Å²) in [4.78, 5) is 25.8. The van der Waals surface area contributed by atoms with Gasteiger partial charge in [-0.25, -0.2) is 0 Å². The Balaban J connectivity index is 1.52. The number of aryl methyl sites for hydroxylation is 1. The number of ether oxygens (including phenoxy) is 1. The number of alkyl halides is 3. The first-order valence-corrected chi connectivity index (χ1v) is 11.5. The van der Waals surface area contributed by atoms with Gasteiger partial charge in [0.15, 0.2) is 0 Å². The molecule has 4 aromatic rings. The fourth-order valence-corrected chi connectivity index (χ4v) is 4.06. The van der Waals surface area contributed by atoms with Crippen LogP contribution in [-0.4, -0.2) is 16.8 Å². The Bertz CT molecular complexity index is 1430. The van der Waals surface area contributed by atoms with Crippen molar-refractivity contribution in [2.24, 2.45) is 0 Å². The molecular formula is C27H22ClF3N2O3. The largest absolute Gasteiger partial charge is 0.573 e. The van der Waals surface area contributed by atoms with Crippen LogP contribution in [-0.2, 0) is 11.2 Å². The smallest absolute Gasteiger partial charge is 0.406 e. The summed E-state index contributed by atoms with van der Waals surface area (Å²) >= 11 is 5.89. The third kappa shape index (κ3) is 6.07. The van der Waals surface area contributed by atoms with E-state index in [9.17, 15) is 22.8 Å². The lowest BCUT2D eigenvalue weighted by atomic mass is 10.1. The van der Waals surface area contributed by atoms with Crippen molar-refractivity contribution in [3.05, 3.63) is 105 Å². The van der Waals surface area contributed by atoms with E-state index in [0.717, 1.165) is 5.56 Å². The van der Waals surface area contributed by atoms with Gasteiger partial charge in [-0.1, -0.05) is 41.9 Å². The monoisotopic (exact) mass is 514 g/mol. The summed E-state index contributed by atoms with van der Waals surface area (Å²) in [7, 11) is 0. The zero-order valence-electron chi connectivity index (χ0n) is 19.2. The van der Waals surface area contributed by atoms with Gasteiger partial charge in [0.1, 0.15) is 5.75 Å². The molecule has 4 rings (SSSR count). The van der Waals surface area contributed by atoms with E-state index in [0.29, 0.717) is 33.5 Å². The summed E-state index contributed by atoms with van der Waals surface area (Å²) < 4.78 is 42.6. The normalized spacial score (nSPS) is 12.4. The van der Waals surface area contributed by atoms with Crippen molar-refractivity contribution in [3.8, 4) is 5.75 Å². The van der Waals surface area contributed by atoms with Crippen LogP contribution in [0.25, 0.3) is 10.8 Å². The fraction of sp³-hybridized carbons (Fsp3) is 0.185. The lowest BCUT2D eigenvalue weighted by Crippen LogP contribution is -2.24. The molecule has 0 radical (unpaired) electrons. The number of pyridine rings is 1. The van der Waals surface area contributed by atoms with E-state index in [2.05, 4.69) is 10.1 Å². The second-order valence-corrected chi connectivity index (χ2v) is 8.70. The molecule has 3 aromatic carbocycles. The molecule has 0 spiro atoms. The molecule has 0 saturated carbocycles. The Morgan fingerprint density at radius 3 is 2.36 bits per heavy atom. The van der Waals surface area contributed by atoms with Gasteiger partial charge >= 0.3 is 6.36 Å². The molecule has 0 bridgehead atoms. The van der Waals surface area contributed by atoms with Crippen molar-refractivity contribution in [1.29, 1.82) is 0 Å². The van der Waals surface area contributed by atoms with E-state index < -0.39 is 12.4 Å². The molecular weight excluding hydrogens is 493 g/mol. The molecule has 36 heavy (non-hydrogen) atoms. The molecule has 1 unspecified atom stereocenters. The standard InChI is InChI=1S/C27H22ClF3N2O3/c1-17(19-8-12-21(13-9-19)36-27(29,30)31)33-16-15-22-23(26(33)35)3-2-4-24(22)32-25(34)14-7-18-5-10-20(28)11-6-18/h2-6,8-13,15-17H,7,14H2,1H3,(H,32,34). The number of nitrogens with zero attached hydrogens (tertiary/aromatic N) is 1. The van der Waals surface area contributed by atoms with Crippen LogP contribution in [0.1, 0.15) is 30.5 Å². The summed E-state index contributed by atoms with van der Waals surface area (Å²) in [6.45, 7) is 1.77. The first kappa shape index (κ1) is 25.3. The van der Waals surface area contributed by atoms with Crippen molar-refractivity contribution >= 4 is 34.0 Å². The van der Waals surface area contributed by atoms with Gasteiger partial charge in [0.25, 0.3) is 5.56 Å². The highest BCUT2D eigenvalue weighted by Gasteiger charge is 2.31. The molecule has 0 aliphatic heterocycles. The molecule has 0 aliphatic carbocycles. The summed E-state index contributed by atoms with van der Waals surface area (Å²) in [5, 5.41) is 4.52. The van der Waals surface area contributed by atoms with Crippen molar-refractivity contribution in [1.82, 2.24) is 4.57 Å². The Morgan fingerprint density at radius 1 is 1.00 bits per heavy atom. The summed E-state index contributed by atoms with van der Waals surface area (Å²) in [5.74, 6) is -0.517. The second-order valence-electron chi connectivity index (χ2n) is 8.26. The van der Waals surface area contributed by atoms with Gasteiger partial charge in [-0.2, -0.15) is 0 Å². The van der Waals surface area contributed by atoms with E-state index in [-0.39, 0.29) is 23.6 Å². The molecule has 0 saturated heterocycles. The van der Waals surface area contributed by atoms with Gasteiger partial charge in [0.05, 0.1) is 6.04 Å². The van der Waals surface area contributed by atoms with Crippen molar-refractivity contribution in [2.75, 3.05) is 5.32 Å². The van der Waals surface area contributed by atoms with E-state index in [1.54, 1.807) is 49.5 Å². The lowest BCUT2D eigenvalue weighted by Gasteiger charge is -2.18. The van der Waals surface area contributed by atoms with E-state index in [1.165, 1.54) is 28.8 Å². The predicted octanol–water partition coefficient (Wildman–Crippen LogP) is 6.73. The number of benzene rings is 3. The molecule has 1 N–H and O–H groups in total. The van der Waals surface area contributed by atoms with E-state index in [4.69, 9.17) is 11.6 Å². The Labute approximate surface area is 210 Å². The van der Waals surface area contributed by atoms with Crippen molar-refractivity contribution in [3.63, 3.8) is 0 Å². The average molecular weight is 515 g/mol. The maximum Gasteiger partial charge on any atom is 0.573 e. The first-order chi connectivity index (χ1) is 17.1. The highest BCUT2D eigenvalue weighted by Crippen LogP contribution is 2.27. The molecule has 0 fully saturated rings. The molecule has 5 nitrogen and oxygen atoms in total. The average Bonchev–Trinajstić information content (AvgIpc) is 2.83. The Hall–Kier alpha value is -3.78. The molecule has 1 atom stereocenters. The third-order valence-electron chi connectivity index (χ3n) is 5.81.